The van der Waals surface area contributed by atoms with Gasteiger partial charge in [-0.1, -0.05) is 30.3 Å². The zero-order valence-corrected chi connectivity index (χ0v) is 11.6. The molecule has 22 heavy (non-hydrogen) atoms. The molecule has 0 aliphatic rings. The van der Waals surface area contributed by atoms with Gasteiger partial charge in [0.05, 0.1) is 0 Å². The van der Waals surface area contributed by atoms with E-state index in [0.29, 0.717) is 23.0 Å². The zero-order valence-electron chi connectivity index (χ0n) is 11.6. The minimum Gasteiger partial charge on any atom is -0.504 e. The van der Waals surface area contributed by atoms with Crippen LogP contribution in [0.1, 0.15) is 0 Å². The summed E-state index contributed by atoms with van der Waals surface area (Å²) in [4.78, 5) is 0. The molecule has 2 N–H and O–H groups in total. The Balaban J connectivity index is 1.81. The van der Waals surface area contributed by atoms with Crippen molar-refractivity contribution in [3.8, 4) is 34.5 Å². The number of para-hydroxylation sites is 4. The van der Waals surface area contributed by atoms with Gasteiger partial charge in [-0.25, -0.2) is 0 Å². The van der Waals surface area contributed by atoms with E-state index in [4.69, 9.17) is 9.47 Å². The molecule has 3 aromatic rings. The lowest BCUT2D eigenvalue weighted by Crippen LogP contribution is -1.87. The fourth-order valence-corrected chi connectivity index (χ4v) is 1.94. The average molecular weight is 294 g/mol. The summed E-state index contributed by atoms with van der Waals surface area (Å²) in [5, 5.41) is 19.4. The van der Waals surface area contributed by atoms with E-state index in [9.17, 15) is 10.2 Å². The average Bonchev–Trinajstić information content (AvgIpc) is 2.52. The Hall–Kier alpha value is -3.14. The summed E-state index contributed by atoms with van der Waals surface area (Å²) < 4.78 is 11.3. The third-order valence-electron chi connectivity index (χ3n) is 2.99. The van der Waals surface area contributed by atoms with E-state index in [1.54, 1.807) is 72.8 Å². The van der Waals surface area contributed by atoms with Crippen molar-refractivity contribution < 1.29 is 19.7 Å². The quantitative estimate of drug-likeness (QED) is 0.733. The standard InChI is InChI=1S/C18H14O4/c19-15-8-1-3-10-17(15)21-13-6-5-7-14(12-13)22-18-11-4-2-9-16(18)20/h1-12,19-20H. The van der Waals surface area contributed by atoms with E-state index < -0.39 is 0 Å². The van der Waals surface area contributed by atoms with Crippen LogP contribution in [0.25, 0.3) is 0 Å². The molecule has 4 heteroatoms. The number of hydrogen-bond donors (Lipinski definition) is 2. The normalized spacial score (nSPS) is 10.2. The summed E-state index contributed by atoms with van der Waals surface area (Å²) in [6.45, 7) is 0. The van der Waals surface area contributed by atoms with E-state index in [1.807, 2.05) is 0 Å². The van der Waals surface area contributed by atoms with Gasteiger partial charge >= 0.3 is 0 Å². The van der Waals surface area contributed by atoms with E-state index in [1.165, 1.54) is 0 Å². The van der Waals surface area contributed by atoms with Crippen LogP contribution in [0.2, 0.25) is 0 Å². The number of hydrogen-bond acceptors (Lipinski definition) is 4. The maximum atomic E-state index is 9.72. The third kappa shape index (κ3) is 3.12. The van der Waals surface area contributed by atoms with Crippen LogP contribution in [0.3, 0.4) is 0 Å². The molecule has 0 spiro atoms. The van der Waals surface area contributed by atoms with Crippen molar-refractivity contribution in [3.05, 3.63) is 72.8 Å². The second-order valence-corrected chi connectivity index (χ2v) is 4.61. The molecule has 0 amide bonds. The second kappa shape index (κ2) is 6.10. The third-order valence-corrected chi connectivity index (χ3v) is 2.99. The first kappa shape index (κ1) is 13.8. The van der Waals surface area contributed by atoms with Gasteiger partial charge in [0, 0.05) is 6.07 Å². The fraction of sp³-hybridized carbons (Fsp3) is 0. The van der Waals surface area contributed by atoms with Gasteiger partial charge in [-0.15, -0.1) is 0 Å². The number of rotatable bonds is 4. The molecule has 0 radical (unpaired) electrons. The molecular formula is C18H14O4. The van der Waals surface area contributed by atoms with Crippen LogP contribution in [0.4, 0.5) is 0 Å². The monoisotopic (exact) mass is 294 g/mol. The Morgan fingerprint density at radius 3 is 1.45 bits per heavy atom. The largest absolute Gasteiger partial charge is 0.504 e. The van der Waals surface area contributed by atoms with Gasteiger partial charge in [0.2, 0.25) is 0 Å². The molecule has 3 aromatic carbocycles. The van der Waals surface area contributed by atoms with Gasteiger partial charge in [0.1, 0.15) is 11.5 Å². The fourth-order valence-electron chi connectivity index (χ4n) is 1.94. The molecule has 0 saturated carbocycles. The molecule has 4 nitrogen and oxygen atoms in total. The molecular weight excluding hydrogens is 280 g/mol. The molecule has 0 fully saturated rings. The number of phenolic OH excluding ortho intramolecular Hbond substituents is 2. The maximum absolute atomic E-state index is 9.72. The Kier molecular flexibility index (Phi) is 3.83. The highest BCUT2D eigenvalue weighted by molar-refractivity contribution is 5.45. The molecule has 0 saturated heterocycles. The summed E-state index contributed by atoms with van der Waals surface area (Å²) in [5.74, 6) is 1.90. The van der Waals surface area contributed by atoms with Crippen molar-refractivity contribution in [2.75, 3.05) is 0 Å². The smallest absolute Gasteiger partial charge is 0.169 e. The lowest BCUT2D eigenvalue weighted by Gasteiger charge is -2.10. The van der Waals surface area contributed by atoms with E-state index in [2.05, 4.69) is 0 Å². The predicted octanol–water partition coefficient (Wildman–Crippen LogP) is 4.68. The van der Waals surface area contributed by atoms with Crippen LogP contribution in [0, 0.1) is 0 Å². The minimum absolute atomic E-state index is 0.0644. The van der Waals surface area contributed by atoms with Crippen LogP contribution in [-0.4, -0.2) is 10.2 Å². The van der Waals surface area contributed by atoms with Crippen LogP contribution >= 0.6 is 0 Å². The van der Waals surface area contributed by atoms with Crippen molar-refractivity contribution in [2.45, 2.75) is 0 Å². The Labute approximate surface area is 127 Å². The summed E-state index contributed by atoms with van der Waals surface area (Å²) in [6, 6.07) is 20.4. The summed E-state index contributed by atoms with van der Waals surface area (Å²) in [6.07, 6.45) is 0. The predicted molar refractivity (Wildman–Crippen MR) is 82.8 cm³/mol. The van der Waals surface area contributed by atoms with Crippen molar-refractivity contribution in [2.24, 2.45) is 0 Å². The summed E-state index contributed by atoms with van der Waals surface area (Å²) >= 11 is 0. The number of aromatic hydroxyl groups is 2. The van der Waals surface area contributed by atoms with Crippen LogP contribution in [0.15, 0.2) is 72.8 Å². The van der Waals surface area contributed by atoms with Gasteiger partial charge in [-0.2, -0.15) is 0 Å². The van der Waals surface area contributed by atoms with Gasteiger partial charge in [-0.3, -0.25) is 0 Å². The molecule has 0 heterocycles. The van der Waals surface area contributed by atoms with Crippen molar-refractivity contribution in [1.29, 1.82) is 0 Å². The lowest BCUT2D eigenvalue weighted by atomic mass is 10.3. The van der Waals surface area contributed by atoms with E-state index in [-0.39, 0.29) is 11.5 Å². The molecule has 0 aliphatic heterocycles. The Morgan fingerprint density at radius 2 is 1.00 bits per heavy atom. The first-order chi connectivity index (χ1) is 10.7. The van der Waals surface area contributed by atoms with Gasteiger partial charge in [-0.05, 0) is 36.4 Å². The topological polar surface area (TPSA) is 58.9 Å². The highest BCUT2D eigenvalue weighted by atomic mass is 16.5. The zero-order chi connectivity index (χ0) is 15.4. The minimum atomic E-state index is 0.0644. The molecule has 0 unspecified atom stereocenters. The summed E-state index contributed by atoms with van der Waals surface area (Å²) in [5.41, 5.74) is 0. The van der Waals surface area contributed by atoms with Gasteiger partial charge < -0.3 is 19.7 Å². The first-order valence-electron chi connectivity index (χ1n) is 6.74. The van der Waals surface area contributed by atoms with E-state index >= 15 is 0 Å². The molecule has 3 rings (SSSR count). The van der Waals surface area contributed by atoms with Crippen LogP contribution in [-0.2, 0) is 0 Å². The SMILES string of the molecule is Oc1ccccc1Oc1cccc(Oc2ccccc2O)c1. The first-order valence-corrected chi connectivity index (χ1v) is 6.74. The highest BCUT2D eigenvalue weighted by Crippen LogP contribution is 2.34. The molecule has 0 bridgehead atoms. The number of phenols is 2. The van der Waals surface area contributed by atoms with Gasteiger partial charge in [0.15, 0.2) is 23.0 Å². The van der Waals surface area contributed by atoms with Crippen molar-refractivity contribution >= 4 is 0 Å². The lowest BCUT2D eigenvalue weighted by molar-refractivity contribution is 0.401. The second-order valence-electron chi connectivity index (χ2n) is 4.61. The van der Waals surface area contributed by atoms with Crippen LogP contribution in [0.5, 0.6) is 34.5 Å². The Bertz CT molecular complexity index is 721. The maximum Gasteiger partial charge on any atom is 0.169 e. The summed E-state index contributed by atoms with van der Waals surface area (Å²) in [7, 11) is 0. The highest BCUT2D eigenvalue weighted by Gasteiger charge is 2.06. The molecule has 0 atom stereocenters. The molecule has 0 aromatic heterocycles. The van der Waals surface area contributed by atoms with Gasteiger partial charge in [0.25, 0.3) is 0 Å². The Morgan fingerprint density at radius 1 is 0.545 bits per heavy atom. The van der Waals surface area contributed by atoms with Crippen LogP contribution < -0.4 is 9.47 Å². The molecule has 110 valence electrons. The van der Waals surface area contributed by atoms with Crippen molar-refractivity contribution in [1.82, 2.24) is 0 Å². The van der Waals surface area contributed by atoms with Crippen molar-refractivity contribution in [3.63, 3.8) is 0 Å². The number of ether oxygens (including phenoxy) is 2. The van der Waals surface area contributed by atoms with E-state index in [0.717, 1.165) is 0 Å². The molecule has 0 aliphatic carbocycles. The number of benzene rings is 3.